The van der Waals surface area contributed by atoms with E-state index in [4.69, 9.17) is 9.26 Å². The monoisotopic (exact) mass is 442 g/mol. The highest BCUT2D eigenvalue weighted by Crippen LogP contribution is 2.36. The summed E-state index contributed by atoms with van der Waals surface area (Å²) in [5.41, 5.74) is 3.76. The fourth-order valence-electron chi connectivity index (χ4n) is 4.68. The Bertz CT molecular complexity index is 922. The predicted molar refractivity (Wildman–Crippen MR) is 120 cm³/mol. The highest BCUT2D eigenvalue weighted by Gasteiger charge is 2.36. The molecule has 32 heavy (non-hydrogen) atoms. The number of ether oxygens (including phenoxy) is 1. The van der Waals surface area contributed by atoms with Gasteiger partial charge in [0.05, 0.1) is 18.6 Å². The third kappa shape index (κ3) is 5.13. The minimum atomic E-state index is -0.305. The van der Waals surface area contributed by atoms with Crippen molar-refractivity contribution >= 4 is 6.03 Å². The zero-order chi connectivity index (χ0) is 22.7. The van der Waals surface area contributed by atoms with E-state index < -0.39 is 0 Å². The Morgan fingerprint density at radius 1 is 1.16 bits per heavy atom. The molecule has 2 aromatic rings. The minimum Gasteiger partial charge on any atom is -0.393 e. The first-order valence-electron chi connectivity index (χ1n) is 11.5. The second-order valence-corrected chi connectivity index (χ2v) is 9.17. The van der Waals surface area contributed by atoms with E-state index in [1.54, 1.807) is 7.11 Å². The van der Waals surface area contributed by atoms with Gasteiger partial charge in [0.1, 0.15) is 0 Å². The van der Waals surface area contributed by atoms with Gasteiger partial charge < -0.3 is 24.2 Å². The summed E-state index contributed by atoms with van der Waals surface area (Å²) >= 11 is 0. The molecule has 0 saturated carbocycles. The van der Waals surface area contributed by atoms with E-state index in [1.165, 1.54) is 16.7 Å². The second-order valence-electron chi connectivity index (χ2n) is 9.17. The van der Waals surface area contributed by atoms with Crippen molar-refractivity contribution in [3.63, 3.8) is 0 Å². The van der Waals surface area contributed by atoms with Crippen LogP contribution in [0, 0.1) is 13.8 Å². The SMILES string of the molecule is COCCc1noc(C2CC(c3ccc(C)c(C)c3)CN(C(=O)N3CCC(O)CC3)C2)n1. The number of nitrogens with zero attached hydrogens (tertiary/aromatic N) is 4. The van der Waals surface area contributed by atoms with Gasteiger partial charge in [-0.1, -0.05) is 23.4 Å². The molecule has 2 atom stereocenters. The zero-order valence-corrected chi connectivity index (χ0v) is 19.3. The van der Waals surface area contributed by atoms with Gasteiger partial charge in [0.15, 0.2) is 5.82 Å². The number of aliphatic hydroxyl groups is 1. The number of amides is 2. The Morgan fingerprint density at radius 3 is 2.62 bits per heavy atom. The van der Waals surface area contributed by atoms with E-state index in [2.05, 4.69) is 42.2 Å². The van der Waals surface area contributed by atoms with Gasteiger partial charge in [0, 0.05) is 45.6 Å². The number of aryl methyl sites for hydroxylation is 2. The van der Waals surface area contributed by atoms with E-state index in [0.717, 1.165) is 6.42 Å². The van der Waals surface area contributed by atoms with E-state index in [0.29, 0.717) is 63.8 Å². The van der Waals surface area contributed by atoms with Gasteiger partial charge in [-0.2, -0.15) is 4.98 Å². The third-order valence-electron chi connectivity index (χ3n) is 6.82. The number of piperidine rings is 2. The number of hydrogen-bond donors (Lipinski definition) is 1. The van der Waals surface area contributed by atoms with Crippen LogP contribution in [-0.4, -0.2) is 77.1 Å². The Balaban J connectivity index is 1.56. The quantitative estimate of drug-likeness (QED) is 0.765. The number of carbonyl (C=O) groups is 1. The number of likely N-dealkylation sites (tertiary alicyclic amines) is 2. The maximum Gasteiger partial charge on any atom is 0.320 e. The number of rotatable bonds is 5. The molecule has 2 amide bonds. The molecule has 174 valence electrons. The Kier molecular flexibility index (Phi) is 7.10. The molecule has 2 aliphatic heterocycles. The van der Waals surface area contributed by atoms with Crippen LogP contribution in [0.15, 0.2) is 22.7 Å². The summed E-state index contributed by atoms with van der Waals surface area (Å²) in [5, 5.41) is 13.9. The van der Waals surface area contributed by atoms with Crippen molar-refractivity contribution in [1.29, 1.82) is 0 Å². The van der Waals surface area contributed by atoms with Gasteiger partial charge in [-0.15, -0.1) is 0 Å². The summed E-state index contributed by atoms with van der Waals surface area (Å²) in [7, 11) is 1.65. The predicted octanol–water partition coefficient (Wildman–Crippen LogP) is 3.03. The first-order chi connectivity index (χ1) is 15.4. The standard InChI is InChI=1S/C24H34N4O4/c1-16-4-5-18(12-17(16)2)19-13-20(23-25-22(26-32-23)8-11-31-3)15-28(14-19)24(30)27-9-6-21(29)7-10-27/h4-5,12,19-21,29H,6-11,13-15H2,1-3H3. The van der Waals surface area contributed by atoms with Crippen LogP contribution < -0.4 is 0 Å². The van der Waals surface area contributed by atoms with Crippen LogP contribution in [0.2, 0.25) is 0 Å². The van der Waals surface area contributed by atoms with Crippen molar-refractivity contribution in [2.75, 3.05) is 39.9 Å². The van der Waals surface area contributed by atoms with E-state index in [-0.39, 0.29) is 24.0 Å². The number of urea groups is 1. The van der Waals surface area contributed by atoms with Gasteiger partial charge in [-0.3, -0.25) is 0 Å². The fraction of sp³-hybridized carbons (Fsp3) is 0.625. The van der Waals surface area contributed by atoms with E-state index in [9.17, 15) is 9.90 Å². The van der Waals surface area contributed by atoms with Gasteiger partial charge in [-0.25, -0.2) is 4.79 Å². The van der Waals surface area contributed by atoms with Crippen LogP contribution >= 0.6 is 0 Å². The maximum absolute atomic E-state index is 13.4. The summed E-state index contributed by atoms with van der Waals surface area (Å²) in [6, 6.07) is 6.60. The van der Waals surface area contributed by atoms with Crippen molar-refractivity contribution in [2.24, 2.45) is 0 Å². The molecule has 8 nitrogen and oxygen atoms in total. The van der Waals surface area contributed by atoms with Crippen LogP contribution in [0.25, 0.3) is 0 Å². The zero-order valence-electron chi connectivity index (χ0n) is 19.3. The molecule has 1 aromatic carbocycles. The van der Waals surface area contributed by atoms with Gasteiger partial charge in [-0.05, 0) is 49.8 Å². The molecule has 2 unspecified atom stereocenters. The molecule has 2 fully saturated rings. The lowest BCUT2D eigenvalue weighted by Gasteiger charge is -2.40. The lowest BCUT2D eigenvalue weighted by molar-refractivity contribution is 0.0744. The number of hydrogen-bond acceptors (Lipinski definition) is 6. The average Bonchev–Trinajstić information content (AvgIpc) is 3.28. The normalized spacial score (nSPS) is 22.4. The van der Waals surface area contributed by atoms with Gasteiger partial charge >= 0.3 is 6.03 Å². The van der Waals surface area contributed by atoms with Crippen LogP contribution in [0.5, 0.6) is 0 Å². The van der Waals surface area contributed by atoms with Crippen molar-refractivity contribution in [3.05, 3.63) is 46.6 Å². The first-order valence-corrected chi connectivity index (χ1v) is 11.5. The molecule has 1 aromatic heterocycles. The minimum absolute atomic E-state index is 0.0153. The Labute approximate surface area is 189 Å². The summed E-state index contributed by atoms with van der Waals surface area (Å²) in [6.45, 7) is 7.20. The fourth-order valence-corrected chi connectivity index (χ4v) is 4.68. The molecule has 3 heterocycles. The molecular formula is C24H34N4O4. The van der Waals surface area contributed by atoms with Crippen LogP contribution in [0.1, 0.15) is 59.5 Å². The lowest BCUT2D eigenvalue weighted by Crippen LogP contribution is -2.51. The lowest BCUT2D eigenvalue weighted by atomic mass is 9.83. The van der Waals surface area contributed by atoms with E-state index >= 15 is 0 Å². The van der Waals surface area contributed by atoms with Crippen LogP contribution in [-0.2, 0) is 11.2 Å². The Morgan fingerprint density at radius 2 is 1.91 bits per heavy atom. The molecule has 0 bridgehead atoms. The number of methoxy groups -OCH3 is 1. The number of aromatic nitrogens is 2. The molecule has 2 saturated heterocycles. The van der Waals surface area contributed by atoms with Gasteiger partial charge in [0.25, 0.3) is 0 Å². The second kappa shape index (κ2) is 10.0. The highest BCUT2D eigenvalue weighted by molar-refractivity contribution is 5.75. The highest BCUT2D eigenvalue weighted by atomic mass is 16.5. The smallest absolute Gasteiger partial charge is 0.320 e. The number of carbonyl (C=O) groups excluding carboxylic acids is 1. The Hall–Kier alpha value is -2.45. The summed E-state index contributed by atoms with van der Waals surface area (Å²) in [4.78, 5) is 21.8. The van der Waals surface area contributed by atoms with Gasteiger partial charge in [0.2, 0.25) is 5.89 Å². The topological polar surface area (TPSA) is 91.9 Å². The third-order valence-corrected chi connectivity index (χ3v) is 6.82. The van der Waals surface area contributed by atoms with E-state index in [1.807, 2.05) is 9.80 Å². The van der Waals surface area contributed by atoms with Crippen molar-refractivity contribution in [1.82, 2.24) is 19.9 Å². The van der Waals surface area contributed by atoms with Crippen molar-refractivity contribution in [2.45, 2.75) is 57.5 Å². The molecule has 1 N–H and O–H groups in total. The molecular weight excluding hydrogens is 408 g/mol. The maximum atomic E-state index is 13.4. The average molecular weight is 443 g/mol. The summed E-state index contributed by atoms with van der Waals surface area (Å²) in [6.07, 6.45) is 2.43. The number of aliphatic hydroxyl groups excluding tert-OH is 1. The molecule has 8 heteroatoms. The van der Waals surface area contributed by atoms with Crippen molar-refractivity contribution in [3.8, 4) is 0 Å². The van der Waals surface area contributed by atoms with Crippen molar-refractivity contribution < 1.29 is 19.2 Å². The largest absolute Gasteiger partial charge is 0.393 e. The molecule has 0 spiro atoms. The summed E-state index contributed by atoms with van der Waals surface area (Å²) in [5.74, 6) is 1.41. The summed E-state index contributed by atoms with van der Waals surface area (Å²) < 4.78 is 10.7. The molecule has 0 radical (unpaired) electrons. The van der Waals surface area contributed by atoms with Crippen LogP contribution in [0.4, 0.5) is 4.79 Å². The molecule has 4 rings (SSSR count). The first kappa shape index (κ1) is 22.7. The molecule has 2 aliphatic rings. The molecule has 0 aliphatic carbocycles. The number of benzene rings is 1. The van der Waals surface area contributed by atoms with Crippen LogP contribution in [0.3, 0.4) is 0 Å².